The van der Waals surface area contributed by atoms with Crippen molar-refractivity contribution in [2.75, 3.05) is 36.8 Å². The molecule has 0 bridgehead atoms. The summed E-state index contributed by atoms with van der Waals surface area (Å²) in [6, 6.07) is 14.7. The first-order valence-electron chi connectivity index (χ1n) is 10.8. The molecular formula is C23H23N5O3S. The van der Waals surface area contributed by atoms with Crippen LogP contribution in [0.15, 0.2) is 53.6 Å². The lowest BCUT2D eigenvalue weighted by molar-refractivity contribution is -0.384. The van der Waals surface area contributed by atoms with Crippen molar-refractivity contribution in [3.63, 3.8) is 0 Å². The average Bonchev–Trinajstić information content (AvgIpc) is 3.68. The maximum Gasteiger partial charge on any atom is 0.292 e. The summed E-state index contributed by atoms with van der Waals surface area (Å²) >= 11 is 1.47. The summed E-state index contributed by atoms with van der Waals surface area (Å²) in [6.45, 7) is 2.24. The number of thioether (sulfide) groups is 1. The zero-order valence-corrected chi connectivity index (χ0v) is 18.3. The fourth-order valence-electron chi connectivity index (χ4n) is 4.00. The summed E-state index contributed by atoms with van der Waals surface area (Å²) in [6.07, 6.45) is 2.26. The van der Waals surface area contributed by atoms with Gasteiger partial charge in [-0.25, -0.2) is 9.97 Å². The monoisotopic (exact) mass is 449 g/mol. The van der Waals surface area contributed by atoms with Crippen LogP contribution in [-0.4, -0.2) is 57.6 Å². The molecule has 0 atom stereocenters. The molecule has 5 rings (SSSR count). The molecule has 8 nitrogen and oxygen atoms in total. The minimum atomic E-state index is -0.356. The number of piperazine rings is 1. The highest BCUT2D eigenvalue weighted by atomic mass is 32.2. The Labute approximate surface area is 189 Å². The number of carbonyl (C=O) groups excluding carboxylic acids is 1. The Bertz CT molecular complexity index is 1180. The van der Waals surface area contributed by atoms with E-state index >= 15 is 0 Å². The second-order valence-electron chi connectivity index (χ2n) is 8.08. The summed E-state index contributed by atoms with van der Waals surface area (Å²) in [4.78, 5) is 37.1. The zero-order chi connectivity index (χ0) is 22.1. The van der Waals surface area contributed by atoms with E-state index in [9.17, 15) is 14.9 Å². The quantitative estimate of drug-likeness (QED) is 0.244. The third-order valence-corrected chi connectivity index (χ3v) is 6.89. The first kappa shape index (κ1) is 20.7. The number of nitro groups is 1. The van der Waals surface area contributed by atoms with E-state index in [1.165, 1.54) is 17.8 Å². The average molecular weight is 450 g/mol. The highest BCUT2D eigenvalue weighted by molar-refractivity contribution is 8.00. The van der Waals surface area contributed by atoms with E-state index in [0.717, 1.165) is 34.6 Å². The van der Waals surface area contributed by atoms with E-state index in [-0.39, 0.29) is 16.5 Å². The molecule has 164 valence electrons. The molecule has 0 N–H and O–H groups in total. The SMILES string of the molecule is O=C(CSc1nc(C2CC2)nc2ccccc12)N1CCN(c2ccccc2[N+](=O)[O-])CC1. The summed E-state index contributed by atoms with van der Waals surface area (Å²) in [5.41, 5.74) is 1.64. The Balaban J connectivity index is 1.23. The topological polar surface area (TPSA) is 92.5 Å². The van der Waals surface area contributed by atoms with Crippen molar-refractivity contribution < 1.29 is 9.72 Å². The van der Waals surface area contributed by atoms with Gasteiger partial charge in [0.1, 0.15) is 16.5 Å². The van der Waals surface area contributed by atoms with Crippen LogP contribution >= 0.6 is 11.8 Å². The zero-order valence-electron chi connectivity index (χ0n) is 17.5. The van der Waals surface area contributed by atoms with E-state index in [4.69, 9.17) is 9.97 Å². The van der Waals surface area contributed by atoms with E-state index in [0.29, 0.717) is 43.5 Å². The predicted molar refractivity (Wildman–Crippen MR) is 124 cm³/mol. The number of aromatic nitrogens is 2. The Morgan fingerprint density at radius 1 is 1.03 bits per heavy atom. The van der Waals surface area contributed by atoms with Crippen LogP contribution in [0.1, 0.15) is 24.6 Å². The lowest BCUT2D eigenvalue weighted by atomic mass is 10.2. The smallest absolute Gasteiger partial charge is 0.292 e. The molecule has 1 aliphatic heterocycles. The summed E-state index contributed by atoms with van der Waals surface area (Å²) in [5.74, 6) is 1.71. The Kier molecular flexibility index (Phi) is 5.65. The molecule has 2 heterocycles. The molecule has 1 saturated carbocycles. The van der Waals surface area contributed by atoms with Crippen LogP contribution in [0.5, 0.6) is 0 Å². The number of benzene rings is 2. The number of nitro benzene ring substituents is 1. The molecule has 2 aromatic carbocycles. The van der Waals surface area contributed by atoms with Crippen LogP contribution < -0.4 is 4.90 Å². The normalized spacial score (nSPS) is 16.4. The second kappa shape index (κ2) is 8.74. The molecule has 0 spiro atoms. The van der Waals surface area contributed by atoms with Crippen molar-refractivity contribution in [1.82, 2.24) is 14.9 Å². The minimum absolute atomic E-state index is 0.0628. The number of amides is 1. The van der Waals surface area contributed by atoms with Gasteiger partial charge in [0, 0.05) is 43.5 Å². The Morgan fingerprint density at radius 2 is 1.75 bits per heavy atom. The summed E-state index contributed by atoms with van der Waals surface area (Å²) in [5, 5.41) is 13.2. The molecule has 1 aliphatic carbocycles. The number of hydrogen-bond acceptors (Lipinski definition) is 7. The highest BCUT2D eigenvalue weighted by Gasteiger charge is 2.28. The van der Waals surface area contributed by atoms with Gasteiger partial charge in [-0.1, -0.05) is 42.1 Å². The fourth-order valence-corrected chi connectivity index (χ4v) is 4.93. The predicted octanol–water partition coefficient (Wildman–Crippen LogP) is 3.86. The number of hydrogen-bond donors (Lipinski definition) is 0. The van der Waals surface area contributed by atoms with E-state index < -0.39 is 0 Å². The van der Waals surface area contributed by atoms with E-state index in [1.807, 2.05) is 34.1 Å². The van der Waals surface area contributed by atoms with Gasteiger partial charge in [0.05, 0.1) is 16.2 Å². The summed E-state index contributed by atoms with van der Waals surface area (Å²) in [7, 11) is 0. The molecule has 1 aromatic heterocycles. The van der Waals surface area contributed by atoms with Crippen LogP contribution in [0.3, 0.4) is 0 Å². The van der Waals surface area contributed by atoms with Gasteiger partial charge in [0.2, 0.25) is 5.91 Å². The van der Waals surface area contributed by atoms with Crippen molar-refractivity contribution in [3.05, 3.63) is 64.5 Å². The Hall–Kier alpha value is -3.20. The number of nitrogens with zero attached hydrogens (tertiary/aromatic N) is 5. The van der Waals surface area contributed by atoms with Crippen LogP contribution in [0.4, 0.5) is 11.4 Å². The molecule has 2 fully saturated rings. The van der Waals surface area contributed by atoms with Gasteiger partial charge >= 0.3 is 0 Å². The van der Waals surface area contributed by atoms with Gasteiger partial charge < -0.3 is 9.80 Å². The molecule has 1 amide bonds. The number of para-hydroxylation sites is 3. The van der Waals surface area contributed by atoms with Crippen molar-refractivity contribution in [2.24, 2.45) is 0 Å². The van der Waals surface area contributed by atoms with E-state index in [1.54, 1.807) is 18.2 Å². The maximum atomic E-state index is 12.9. The van der Waals surface area contributed by atoms with Gasteiger partial charge in [-0.15, -0.1) is 0 Å². The molecule has 0 radical (unpaired) electrons. The second-order valence-corrected chi connectivity index (χ2v) is 9.04. The van der Waals surface area contributed by atoms with Crippen molar-refractivity contribution >= 4 is 39.9 Å². The number of carbonyl (C=O) groups is 1. The summed E-state index contributed by atoms with van der Waals surface area (Å²) < 4.78 is 0. The molecule has 0 unspecified atom stereocenters. The lowest BCUT2D eigenvalue weighted by Gasteiger charge is -2.35. The number of fused-ring (bicyclic) bond motifs is 1. The first-order chi connectivity index (χ1) is 15.6. The maximum absolute atomic E-state index is 12.9. The van der Waals surface area contributed by atoms with E-state index in [2.05, 4.69) is 0 Å². The first-order valence-corrected chi connectivity index (χ1v) is 11.7. The van der Waals surface area contributed by atoms with Crippen LogP contribution in [-0.2, 0) is 4.79 Å². The molecular weight excluding hydrogens is 426 g/mol. The van der Waals surface area contributed by atoms with Gasteiger partial charge in [-0.2, -0.15) is 0 Å². The fraction of sp³-hybridized carbons (Fsp3) is 0.348. The lowest BCUT2D eigenvalue weighted by Crippen LogP contribution is -2.49. The molecule has 3 aromatic rings. The van der Waals surface area contributed by atoms with Crippen LogP contribution in [0.2, 0.25) is 0 Å². The van der Waals surface area contributed by atoms with Gasteiger partial charge in [-0.3, -0.25) is 14.9 Å². The largest absolute Gasteiger partial charge is 0.362 e. The van der Waals surface area contributed by atoms with Crippen LogP contribution in [0.25, 0.3) is 10.9 Å². The van der Waals surface area contributed by atoms with Crippen molar-refractivity contribution in [3.8, 4) is 0 Å². The van der Waals surface area contributed by atoms with Crippen LogP contribution in [0, 0.1) is 10.1 Å². The number of rotatable bonds is 6. The Morgan fingerprint density at radius 3 is 2.50 bits per heavy atom. The van der Waals surface area contributed by atoms with Gasteiger partial charge in [-0.05, 0) is 25.0 Å². The van der Waals surface area contributed by atoms with Gasteiger partial charge in [0.15, 0.2) is 0 Å². The number of anilines is 1. The highest BCUT2D eigenvalue weighted by Crippen LogP contribution is 2.40. The standard InChI is InChI=1S/C23H23N5O3S/c29-21(27-13-11-26(12-14-27)19-7-3-4-8-20(19)28(30)31)15-32-23-17-5-1-2-6-18(17)24-22(25-23)16-9-10-16/h1-8,16H,9-15H2. The van der Waals surface area contributed by atoms with Gasteiger partial charge in [0.25, 0.3) is 5.69 Å². The third kappa shape index (κ3) is 4.25. The van der Waals surface area contributed by atoms with Crippen molar-refractivity contribution in [1.29, 1.82) is 0 Å². The molecule has 1 saturated heterocycles. The molecule has 2 aliphatic rings. The van der Waals surface area contributed by atoms with Crippen molar-refractivity contribution in [2.45, 2.75) is 23.8 Å². The third-order valence-electron chi connectivity index (χ3n) is 5.91. The molecule has 32 heavy (non-hydrogen) atoms. The molecule has 9 heteroatoms. The minimum Gasteiger partial charge on any atom is -0.362 e.